The van der Waals surface area contributed by atoms with Gasteiger partial charge in [-0.15, -0.1) is 0 Å². The smallest absolute Gasteiger partial charge is 0.251 e. The number of carbonyl (C=O) groups is 2. The molecule has 0 saturated heterocycles. The zero-order valence-corrected chi connectivity index (χ0v) is 17.1. The van der Waals surface area contributed by atoms with Gasteiger partial charge in [-0.2, -0.15) is 0 Å². The predicted molar refractivity (Wildman–Crippen MR) is 110 cm³/mol. The van der Waals surface area contributed by atoms with E-state index in [1.807, 2.05) is 0 Å². The SMILES string of the molecule is COc1cc(CNC(=O)c2ccc(NC(=O)C3CC3C)cc2)cc(OC)c1OC. The summed E-state index contributed by atoms with van der Waals surface area (Å²) < 4.78 is 16.0. The van der Waals surface area contributed by atoms with Crippen molar-refractivity contribution in [1.29, 1.82) is 0 Å². The zero-order chi connectivity index (χ0) is 21.0. The summed E-state index contributed by atoms with van der Waals surface area (Å²) in [5.41, 5.74) is 2.01. The Hall–Kier alpha value is -3.22. The Labute approximate surface area is 170 Å². The van der Waals surface area contributed by atoms with E-state index in [-0.39, 0.29) is 17.7 Å². The molecule has 0 heterocycles. The molecule has 0 aliphatic heterocycles. The molecule has 2 unspecified atom stereocenters. The largest absolute Gasteiger partial charge is 0.493 e. The van der Waals surface area contributed by atoms with Crippen LogP contribution in [0.5, 0.6) is 17.2 Å². The van der Waals surface area contributed by atoms with E-state index in [4.69, 9.17) is 14.2 Å². The molecule has 7 nitrogen and oxygen atoms in total. The quantitative estimate of drug-likeness (QED) is 0.713. The summed E-state index contributed by atoms with van der Waals surface area (Å²) in [6.07, 6.45) is 0.938. The maximum absolute atomic E-state index is 12.5. The lowest BCUT2D eigenvalue weighted by Gasteiger charge is -2.14. The number of rotatable bonds is 8. The maximum Gasteiger partial charge on any atom is 0.251 e. The number of hydrogen-bond acceptors (Lipinski definition) is 5. The standard InChI is InChI=1S/C22H26N2O5/c1-13-9-17(13)22(26)24-16-7-5-15(6-8-16)21(25)23-12-14-10-18(27-2)20(29-4)19(11-14)28-3/h5-8,10-11,13,17H,9,12H2,1-4H3,(H,23,25)(H,24,26). The fourth-order valence-corrected chi connectivity index (χ4v) is 3.15. The van der Waals surface area contributed by atoms with Gasteiger partial charge in [-0.1, -0.05) is 6.92 Å². The Morgan fingerprint density at radius 1 is 1.00 bits per heavy atom. The lowest BCUT2D eigenvalue weighted by atomic mass is 10.1. The molecule has 2 atom stereocenters. The summed E-state index contributed by atoms with van der Waals surface area (Å²) in [6.45, 7) is 2.36. The van der Waals surface area contributed by atoms with E-state index in [0.29, 0.717) is 41.0 Å². The molecule has 2 aromatic carbocycles. The Morgan fingerprint density at radius 3 is 2.07 bits per heavy atom. The summed E-state index contributed by atoms with van der Waals surface area (Å²) in [5, 5.41) is 5.76. The fraction of sp³-hybridized carbons (Fsp3) is 0.364. The number of benzene rings is 2. The van der Waals surface area contributed by atoms with Crippen molar-refractivity contribution in [2.75, 3.05) is 26.6 Å². The van der Waals surface area contributed by atoms with Gasteiger partial charge in [0.1, 0.15) is 0 Å². The van der Waals surface area contributed by atoms with Gasteiger partial charge in [0.05, 0.1) is 21.3 Å². The van der Waals surface area contributed by atoms with E-state index in [2.05, 4.69) is 17.6 Å². The number of ether oxygens (including phenoxy) is 3. The Kier molecular flexibility index (Phi) is 6.26. The van der Waals surface area contributed by atoms with Crippen molar-refractivity contribution in [3.8, 4) is 17.2 Å². The molecular formula is C22H26N2O5. The molecule has 1 aliphatic carbocycles. The number of carbonyl (C=O) groups excluding carboxylic acids is 2. The van der Waals surface area contributed by atoms with Gasteiger partial charge in [-0.05, 0) is 54.3 Å². The van der Waals surface area contributed by atoms with Crippen molar-refractivity contribution in [3.05, 3.63) is 47.5 Å². The first kappa shape index (κ1) is 20.5. The third-order valence-corrected chi connectivity index (χ3v) is 5.04. The first-order chi connectivity index (χ1) is 14.0. The first-order valence-corrected chi connectivity index (χ1v) is 9.44. The van der Waals surface area contributed by atoms with Gasteiger partial charge < -0.3 is 24.8 Å². The molecule has 7 heteroatoms. The van der Waals surface area contributed by atoms with E-state index in [1.54, 1.807) is 57.7 Å². The van der Waals surface area contributed by atoms with Crippen molar-refractivity contribution >= 4 is 17.5 Å². The molecule has 0 radical (unpaired) electrons. The summed E-state index contributed by atoms with van der Waals surface area (Å²) in [5.74, 6) is 1.95. The van der Waals surface area contributed by atoms with Crippen molar-refractivity contribution in [1.82, 2.24) is 5.32 Å². The van der Waals surface area contributed by atoms with Crippen LogP contribution in [0, 0.1) is 11.8 Å². The molecule has 2 aromatic rings. The highest BCUT2D eigenvalue weighted by Crippen LogP contribution is 2.39. The average Bonchev–Trinajstić information content (AvgIpc) is 3.48. The molecule has 2 amide bonds. The second-order valence-corrected chi connectivity index (χ2v) is 7.10. The number of methoxy groups -OCH3 is 3. The van der Waals surface area contributed by atoms with Gasteiger partial charge in [-0.3, -0.25) is 9.59 Å². The Balaban J connectivity index is 1.61. The van der Waals surface area contributed by atoms with Crippen LogP contribution in [0.2, 0.25) is 0 Å². The lowest BCUT2D eigenvalue weighted by molar-refractivity contribution is -0.117. The van der Waals surface area contributed by atoms with Gasteiger partial charge in [0, 0.05) is 23.7 Å². The van der Waals surface area contributed by atoms with Crippen molar-refractivity contribution in [2.24, 2.45) is 11.8 Å². The number of hydrogen-bond donors (Lipinski definition) is 2. The fourth-order valence-electron chi connectivity index (χ4n) is 3.15. The van der Waals surface area contributed by atoms with E-state index in [1.165, 1.54) is 0 Å². The molecule has 1 fully saturated rings. The monoisotopic (exact) mass is 398 g/mol. The first-order valence-electron chi connectivity index (χ1n) is 9.44. The molecule has 3 rings (SSSR count). The van der Waals surface area contributed by atoms with Crippen LogP contribution in [0.25, 0.3) is 0 Å². The third kappa shape index (κ3) is 4.80. The van der Waals surface area contributed by atoms with E-state index < -0.39 is 0 Å². The summed E-state index contributed by atoms with van der Waals surface area (Å²) in [6, 6.07) is 10.4. The molecule has 2 N–H and O–H groups in total. The molecule has 154 valence electrons. The predicted octanol–water partition coefficient (Wildman–Crippen LogP) is 3.24. The second-order valence-electron chi connectivity index (χ2n) is 7.10. The number of amides is 2. The normalized spacial score (nSPS) is 17.2. The van der Waals surface area contributed by atoms with Crippen LogP contribution < -0.4 is 24.8 Å². The van der Waals surface area contributed by atoms with E-state index in [0.717, 1.165) is 12.0 Å². The van der Waals surface area contributed by atoms with Gasteiger partial charge in [0.15, 0.2) is 11.5 Å². The van der Waals surface area contributed by atoms with Crippen molar-refractivity contribution < 1.29 is 23.8 Å². The summed E-state index contributed by atoms with van der Waals surface area (Å²) >= 11 is 0. The Bertz CT molecular complexity index is 870. The summed E-state index contributed by atoms with van der Waals surface area (Å²) in [7, 11) is 4.63. The maximum atomic E-state index is 12.5. The molecular weight excluding hydrogens is 372 g/mol. The highest BCUT2D eigenvalue weighted by Gasteiger charge is 2.39. The van der Waals surface area contributed by atoms with Crippen LogP contribution in [0.3, 0.4) is 0 Å². The third-order valence-electron chi connectivity index (χ3n) is 5.04. The van der Waals surface area contributed by atoms with Crippen LogP contribution in [0.15, 0.2) is 36.4 Å². The van der Waals surface area contributed by atoms with Gasteiger partial charge >= 0.3 is 0 Å². The molecule has 1 saturated carbocycles. The Morgan fingerprint density at radius 2 is 1.59 bits per heavy atom. The molecule has 1 aliphatic rings. The van der Waals surface area contributed by atoms with Gasteiger partial charge in [0.2, 0.25) is 11.7 Å². The molecule has 0 bridgehead atoms. The zero-order valence-electron chi connectivity index (χ0n) is 17.1. The topological polar surface area (TPSA) is 85.9 Å². The minimum absolute atomic E-state index is 0.0390. The number of anilines is 1. The van der Waals surface area contributed by atoms with Gasteiger partial charge in [-0.25, -0.2) is 0 Å². The van der Waals surface area contributed by atoms with Crippen LogP contribution in [-0.2, 0) is 11.3 Å². The molecule has 0 aromatic heterocycles. The van der Waals surface area contributed by atoms with Crippen molar-refractivity contribution in [3.63, 3.8) is 0 Å². The van der Waals surface area contributed by atoms with Crippen LogP contribution in [-0.4, -0.2) is 33.1 Å². The molecule has 0 spiro atoms. The summed E-state index contributed by atoms with van der Waals surface area (Å²) in [4.78, 5) is 24.5. The minimum Gasteiger partial charge on any atom is -0.493 e. The second kappa shape index (κ2) is 8.86. The lowest BCUT2D eigenvalue weighted by Crippen LogP contribution is -2.23. The average molecular weight is 398 g/mol. The van der Waals surface area contributed by atoms with E-state index in [9.17, 15) is 9.59 Å². The van der Waals surface area contributed by atoms with Crippen LogP contribution in [0.1, 0.15) is 29.3 Å². The van der Waals surface area contributed by atoms with Crippen molar-refractivity contribution in [2.45, 2.75) is 19.9 Å². The highest BCUT2D eigenvalue weighted by molar-refractivity contribution is 5.97. The van der Waals surface area contributed by atoms with Crippen LogP contribution in [0.4, 0.5) is 5.69 Å². The van der Waals surface area contributed by atoms with Crippen LogP contribution >= 0.6 is 0 Å². The van der Waals surface area contributed by atoms with Gasteiger partial charge in [0.25, 0.3) is 5.91 Å². The number of nitrogens with one attached hydrogen (secondary N) is 2. The minimum atomic E-state index is -0.215. The highest BCUT2D eigenvalue weighted by atomic mass is 16.5. The van der Waals surface area contributed by atoms with E-state index >= 15 is 0 Å². The molecule has 29 heavy (non-hydrogen) atoms.